The van der Waals surface area contributed by atoms with Gasteiger partial charge in [0.25, 0.3) is 5.91 Å². The number of hydrogen-bond acceptors (Lipinski definition) is 4. The van der Waals surface area contributed by atoms with Gasteiger partial charge in [-0.05, 0) is 32.9 Å². The van der Waals surface area contributed by atoms with Crippen LogP contribution in [0.2, 0.25) is 0 Å². The van der Waals surface area contributed by atoms with Crippen molar-refractivity contribution in [1.82, 2.24) is 5.32 Å². The van der Waals surface area contributed by atoms with E-state index in [9.17, 15) is 9.59 Å². The van der Waals surface area contributed by atoms with Crippen molar-refractivity contribution in [1.29, 1.82) is 0 Å². The predicted octanol–water partition coefficient (Wildman–Crippen LogP) is 1.26. The lowest BCUT2D eigenvalue weighted by molar-refractivity contribution is -0.124. The van der Waals surface area contributed by atoms with E-state index in [-0.39, 0.29) is 29.4 Å². The molecule has 0 bridgehead atoms. The summed E-state index contributed by atoms with van der Waals surface area (Å²) in [6.07, 6.45) is 0. The number of amides is 1. The van der Waals surface area contributed by atoms with Crippen LogP contribution in [-0.4, -0.2) is 29.1 Å². The number of nitrogens with one attached hydrogen (secondary N) is 1. The first-order chi connectivity index (χ1) is 8.69. The van der Waals surface area contributed by atoms with Crippen molar-refractivity contribution in [2.45, 2.75) is 26.3 Å². The molecule has 0 saturated carbocycles. The van der Waals surface area contributed by atoms with Crippen molar-refractivity contribution in [3.63, 3.8) is 0 Å². The number of anilines is 1. The van der Waals surface area contributed by atoms with Crippen LogP contribution >= 0.6 is 0 Å². The summed E-state index contributed by atoms with van der Waals surface area (Å²) in [4.78, 5) is 22.6. The molecule has 6 nitrogen and oxygen atoms in total. The second kappa shape index (κ2) is 5.60. The molecule has 0 saturated heterocycles. The molecule has 19 heavy (non-hydrogen) atoms. The van der Waals surface area contributed by atoms with Gasteiger partial charge in [-0.3, -0.25) is 4.79 Å². The predicted molar refractivity (Wildman–Crippen MR) is 71.2 cm³/mol. The minimum absolute atomic E-state index is 0.0299. The van der Waals surface area contributed by atoms with Crippen LogP contribution in [-0.2, 0) is 4.79 Å². The minimum atomic E-state index is -1.13. The molecule has 0 aliphatic heterocycles. The van der Waals surface area contributed by atoms with E-state index in [0.29, 0.717) is 5.69 Å². The van der Waals surface area contributed by atoms with E-state index in [2.05, 4.69) is 5.32 Å². The van der Waals surface area contributed by atoms with Crippen LogP contribution in [0.4, 0.5) is 5.69 Å². The molecule has 1 rings (SSSR count). The standard InChI is InChI=1S/C13H18N2O4/c1-13(2,3)15-11(16)7-19-10-6-8(14)4-5-9(10)12(17)18/h4-6H,7,14H2,1-3H3,(H,15,16)(H,17,18). The fraction of sp³-hybridized carbons (Fsp3) is 0.385. The van der Waals surface area contributed by atoms with Crippen molar-refractivity contribution in [2.75, 3.05) is 12.3 Å². The highest BCUT2D eigenvalue weighted by Crippen LogP contribution is 2.21. The zero-order chi connectivity index (χ0) is 14.6. The molecule has 0 fully saturated rings. The molecule has 104 valence electrons. The third kappa shape index (κ3) is 4.87. The van der Waals surface area contributed by atoms with E-state index < -0.39 is 5.97 Å². The van der Waals surface area contributed by atoms with Crippen LogP contribution in [0.15, 0.2) is 18.2 Å². The highest BCUT2D eigenvalue weighted by molar-refractivity contribution is 5.91. The summed E-state index contributed by atoms with van der Waals surface area (Å²) in [7, 11) is 0. The molecular weight excluding hydrogens is 248 g/mol. The van der Waals surface area contributed by atoms with Crippen molar-refractivity contribution < 1.29 is 19.4 Å². The first-order valence-corrected chi connectivity index (χ1v) is 5.75. The molecule has 4 N–H and O–H groups in total. The maximum absolute atomic E-state index is 11.6. The Balaban J connectivity index is 2.75. The van der Waals surface area contributed by atoms with Gasteiger partial charge in [-0.2, -0.15) is 0 Å². The molecule has 1 aromatic carbocycles. The SMILES string of the molecule is CC(C)(C)NC(=O)COc1cc(N)ccc1C(=O)O. The number of nitrogen functional groups attached to an aromatic ring is 1. The number of carboxylic acid groups (broad SMARTS) is 1. The fourth-order valence-electron chi connectivity index (χ4n) is 1.43. The number of benzene rings is 1. The summed E-state index contributed by atoms with van der Waals surface area (Å²) < 4.78 is 5.21. The lowest BCUT2D eigenvalue weighted by atomic mass is 10.1. The molecule has 0 aliphatic rings. The molecular formula is C13H18N2O4. The second-order valence-corrected chi connectivity index (χ2v) is 5.15. The Kier molecular flexibility index (Phi) is 4.37. The second-order valence-electron chi connectivity index (χ2n) is 5.15. The van der Waals surface area contributed by atoms with Crippen LogP contribution in [0.25, 0.3) is 0 Å². The van der Waals surface area contributed by atoms with E-state index in [1.54, 1.807) is 0 Å². The first-order valence-electron chi connectivity index (χ1n) is 5.75. The number of hydrogen-bond donors (Lipinski definition) is 3. The third-order valence-corrected chi connectivity index (χ3v) is 2.11. The van der Waals surface area contributed by atoms with Gasteiger partial charge in [0, 0.05) is 17.3 Å². The molecule has 0 aliphatic carbocycles. The van der Waals surface area contributed by atoms with Gasteiger partial charge < -0.3 is 20.9 Å². The van der Waals surface area contributed by atoms with E-state index in [1.165, 1.54) is 18.2 Å². The fourth-order valence-corrected chi connectivity index (χ4v) is 1.43. The summed E-state index contributed by atoms with van der Waals surface area (Å²) in [5.41, 5.74) is 5.53. The highest BCUT2D eigenvalue weighted by atomic mass is 16.5. The number of carboxylic acids is 1. The molecule has 6 heteroatoms. The zero-order valence-corrected chi connectivity index (χ0v) is 11.2. The highest BCUT2D eigenvalue weighted by Gasteiger charge is 2.16. The van der Waals surface area contributed by atoms with Crippen LogP contribution in [0.5, 0.6) is 5.75 Å². The number of ether oxygens (including phenoxy) is 1. The minimum Gasteiger partial charge on any atom is -0.483 e. The van der Waals surface area contributed by atoms with Crippen molar-refractivity contribution in [3.8, 4) is 5.75 Å². The number of aromatic carboxylic acids is 1. The quantitative estimate of drug-likeness (QED) is 0.712. The molecule has 0 unspecified atom stereocenters. The van der Waals surface area contributed by atoms with Gasteiger partial charge >= 0.3 is 5.97 Å². The normalized spacial score (nSPS) is 10.9. The third-order valence-electron chi connectivity index (χ3n) is 2.11. The smallest absolute Gasteiger partial charge is 0.339 e. The van der Waals surface area contributed by atoms with Gasteiger partial charge in [-0.1, -0.05) is 0 Å². The van der Waals surface area contributed by atoms with Gasteiger partial charge in [-0.25, -0.2) is 4.79 Å². The Morgan fingerprint density at radius 2 is 2.00 bits per heavy atom. The van der Waals surface area contributed by atoms with E-state index in [0.717, 1.165) is 0 Å². The molecule has 1 amide bonds. The number of nitrogens with two attached hydrogens (primary N) is 1. The molecule has 1 aromatic rings. The Morgan fingerprint density at radius 1 is 1.37 bits per heavy atom. The van der Waals surface area contributed by atoms with E-state index in [1.807, 2.05) is 20.8 Å². The summed E-state index contributed by atoms with van der Waals surface area (Å²) >= 11 is 0. The molecule has 0 atom stereocenters. The molecule has 0 spiro atoms. The van der Waals surface area contributed by atoms with Gasteiger partial charge in [-0.15, -0.1) is 0 Å². The summed E-state index contributed by atoms with van der Waals surface area (Å²) in [5, 5.41) is 11.7. The van der Waals surface area contributed by atoms with Gasteiger partial charge in [0.05, 0.1) is 0 Å². The number of rotatable bonds is 4. The summed E-state index contributed by atoms with van der Waals surface area (Å²) in [6, 6.07) is 4.19. The lowest BCUT2D eigenvalue weighted by Crippen LogP contribution is -2.43. The summed E-state index contributed by atoms with van der Waals surface area (Å²) in [5.74, 6) is -1.38. The van der Waals surface area contributed by atoms with Crippen LogP contribution < -0.4 is 15.8 Å². The van der Waals surface area contributed by atoms with E-state index >= 15 is 0 Å². The van der Waals surface area contributed by atoms with Crippen LogP contribution in [0, 0.1) is 0 Å². The monoisotopic (exact) mass is 266 g/mol. The maximum Gasteiger partial charge on any atom is 0.339 e. The van der Waals surface area contributed by atoms with Gasteiger partial charge in [0.1, 0.15) is 11.3 Å². The molecule has 0 aromatic heterocycles. The number of carbonyl (C=O) groups is 2. The zero-order valence-electron chi connectivity index (χ0n) is 11.2. The van der Waals surface area contributed by atoms with Crippen molar-refractivity contribution in [2.24, 2.45) is 0 Å². The Hall–Kier alpha value is -2.24. The first kappa shape index (κ1) is 14.8. The van der Waals surface area contributed by atoms with Crippen molar-refractivity contribution in [3.05, 3.63) is 23.8 Å². The maximum atomic E-state index is 11.6. The summed E-state index contributed by atoms with van der Waals surface area (Å²) in [6.45, 7) is 5.26. The molecule has 0 heterocycles. The van der Waals surface area contributed by atoms with Crippen molar-refractivity contribution >= 4 is 17.6 Å². The average molecular weight is 266 g/mol. The number of carbonyl (C=O) groups excluding carboxylic acids is 1. The topological polar surface area (TPSA) is 102 Å². The Bertz CT molecular complexity index is 492. The van der Waals surface area contributed by atoms with Gasteiger partial charge in [0.15, 0.2) is 6.61 Å². The Labute approximate surface area is 111 Å². The van der Waals surface area contributed by atoms with Crippen LogP contribution in [0.3, 0.4) is 0 Å². The Morgan fingerprint density at radius 3 is 2.53 bits per heavy atom. The lowest BCUT2D eigenvalue weighted by Gasteiger charge is -2.20. The van der Waals surface area contributed by atoms with E-state index in [4.69, 9.17) is 15.6 Å². The largest absolute Gasteiger partial charge is 0.483 e. The van der Waals surface area contributed by atoms with Crippen LogP contribution in [0.1, 0.15) is 31.1 Å². The molecule has 0 radical (unpaired) electrons. The van der Waals surface area contributed by atoms with Gasteiger partial charge in [0.2, 0.25) is 0 Å². The average Bonchev–Trinajstić information content (AvgIpc) is 2.23.